The Hall–Kier alpha value is -3.88. The molecule has 0 aliphatic carbocycles. The molecule has 3 aromatic carbocycles. The highest BCUT2D eigenvalue weighted by Crippen LogP contribution is 2.26. The molecule has 0 fully saturated rings. The van der Waals surface area contributed by atoms with Gasteiger partial charge >= 0.3 is 0 Å². The average Bonchev–Trinajstić information content (AvgIpc) is 3.11. The molecule has 4 nitrogen and oxygen atoms in total. The van der Waals surface area contributed by atoms with Gasteiger partial charge in [0.25, 0.3) is 5.91 Å². The fourth-order valence-electron chi connectivity index (χ4n) is 3.41. The lowest BCUT2D eigenvalue weighted by molar-refractivity contribution is -0.112. The summed E-state index contributed by atoms with van der Waals surface area (Å²) >= 11 is 6.10. The minimum atomic E-state index is -0.544. The topological polar surface area (TPSA) is 57.8 Å². The van der Waals surface area contributed by atoms with E-state index in [1.54, 1.807) is 36.4 Å². The zero-order chi connectivity index (χ0) is 21.8. The highest BCUT2D eigenvalue weighted by molar-refractivity contribution is 6.34. The van der Waals surface area contributed by atoms with Crippen molar-refractivity contribution in [2.24, 2.45) is 0 Å². The molecule has 6 heteroatoms. The Morgan fingerprint density at radius 3 is 2.65 bits per heavy atom. The number of amides is 1. The molecular weight excluding hydrogens is 413 g/mol. The van der Waals surface area contributed by atoms with Crippen molar-refractivity contribution in [3.05, 3.63) is 107 Å². The molecule has 0 aliphatic heterocycles. The maximum absolute atomic E-state index is 13.6. The van der Waals surface area contributed by atoms with Gasteiger partial charge in [-0.2, -0.15) is 5.26 Å². The maximum atomic E-state index is 13.6. The predicted octanol–water partition coefficient (Wildman–Crippen LogP) is 6.03. The van der Waals surface area contributed by atoms with Crippen LogP contribution < -0.4 is 5.32 Å². The molecule has 0 unspecified atom stereocenters. The Labute approximate surface area is 183 Å². The monoisotopic (exact) mass is 429 g/mol. The molecule has 0 radical (unpaired) electrons. The lowest BCUT2D eigenvalue weighted by Gasteiger charge is -2.06. The zero-order valence-electron chi connectivity index (χ0n) is 16.3. The highest BCUT2D eigenvalue weighted by atomic mass is 35.5. The lowest BCUT2D eigenvalue weighted by Crippen LogP contribution is -2.13. The third kappa shape index (κ3) is 4.50. The summed E-state index contributed by atoms with van der Waals surface area (Å²) < 4.78 is 15.6. The van der Waals surface area contributed by atoms with E-state index in [2.05, 4.69) is 5.32 Å². The van der Waals surface area contributed by atoms with Crippen LogP contribution in [0.15, 0.2) is 84.6 Å². The third-order valence-corrected chi connectivity index (χ3v) is 5.18. The molecule has 152 valence electrons. The number of hydrogen-bond acceptors (Lipinski definition) is 2. The second-order valence-electron chi connectivity index (χ2n) is 6.96. The van der Waals surface area contributed by atoms with Gasteiger partial charge in [-0.3, -0.25) is 4.79 Å². The third-order valence-electron chi connectivity index (χ3n) is 4.85. The zero-order valence-corrected chi connectivity index (χ0v) is 17.1. The normalized spacial score (nSPS) is 11.3. The number of para-hydroxylation sites is 2. The van der Waals surface area contributed by atoms with Crippen molar-refractivity contribution in [2.45, 2.75) is 6.54 Å². The van der Waals surface area contributed by atoms with E-state index in [9.17, 15) is 14.4 Å². The van der Waals surface area contributed by atoms with E-state index in [0.29, 0.717) is 17.3 Å². The number of aromatic nitrogens is 1. The molecule has 31 heavy (non-hydrogen) atoms. The summed E-state index contributed by atoms with van der Waals surface area (Å²) in [7, 11) is 0. The van der Waals surface area contributed by atoms with Crippen LogP contribution in [0.2, 0.25) is 5.02 Å². The Bertz CT molecular complexity index is 1350. The standard InChI is InChI=1S/C25H17ClFN3O/c26-22-9-2-3-10-23(22)29-25(31)18(14-28)13-19-16-30(24-11-4-1-8-21(19)24)15-17-6-5-7-20(27)12-17/h1-13,16H,15H2,(H,29,31)/b18-13+. The Balaban J connectivity index is 1.69. The molecule has 1 amide bonds. The number of benzene rings is 3. The van der Waals surface area contributed by atoms with Gasteiger partial charge in [0.1, 0.15) is 17.5 Å². The van der Waals surface area contributed by atoms with Gasteiger partial charge in [0.05, 0.1) is 10.7 Å². The molecule has 0 saturated heterocycles. The molecule has 4 aromatic rings. The van der Waals surface area contributed by atoms with Crippen LogP contribution in [0.4, 0.5) is 10.1 Å². The van der Waals surface area contributed by atoms with Crippen LogP contribution >= 0.6 is 11.6 Å². The van der Waals surface area contributed by atoms with E-state index in [1.165, 1.54) is 12.1 Å². The molecule has 0 saturated carbocycles. The molecule has 0 atom stereocenters. The molecule has 1 heterocycles. The van der Waals surface area contributed by atoms with Crippen LogP contribution in [0.25, 0.3) is 17.0 Å². The number of nitrogens with one attached hydrogen (secondary N) is 1. The van der Waals surface area contributed by atoms with Gasteiger partial charge in [0, 0.05) is 29.2 Å². The van der Waals surface area contributed by atoms with Gasteiger partial charge in [-0.1, -0.05) is 54.1 Å². The summed E-state index contributed by atoms with van der Waals surface area (Å²) in [5, 5.41) is 13.5. The van der Waals surface area contributed by atoms with Crippen LogP contribution in [0.5, 0.6) is 0 Å². The van der Waals surface area contributed by atoms with Gasteiger partial charge in [0.2, 0.25) is 0 Å². The molecule has 1 N–H and O–H groups in total. The van der Waals surface area contributed by atoms with E-state index >= 15 is 0 Å². The second kappa shape index (κ2) is 8.86. The molecule has 0 bridgehead atoms. The number of fused-ring (bicyclic) bond motifs is 1. The van der Waals surface area contributed by atoms with Crippen LogP contribution in [-0.2, 0) is 11.3 Å². The minimum Gasteiger partial charge on any atom is -0.342 e. The number of anilines is 1. The SMILES string of the molecule is N#C/C(=C\c1cn(Cc2cccc(F)c2)c2ccccc12)C(=O)Nc1ccccc1Cl. The van der Waals surface area contributed by atoms with Crippen molar-refractivity contribution in [3.63, 3.8) is 0 Å². The first-order chi connectivity index (χ1) is 15.0. The first-order valence-corrected chi connectivity index (χ1v) is 9.93. The first kappa shape index (κ1) is 20.4. The second-order valence-corrected chi connectivity index (χ2v) is 7.37. The number of nitrogens with zero attached hydrogens (tertiary/aromatic N) is 2. The number of nitriles is 1. The number of halogens is 2. The van der Waals surface area contributed by atoms with E-state index in [-0.39, 0.29) is 11.4 Å². The van der Waals surface area contributed by atoms with E-state index in [4.69, 9.17) is 11.6 Å². The summed E-state index contributed by atoms with van der Waals surface area (Å²) in [6.45, 7) is 0.458. The number of hydrogen-bond donors (Lipinski definition) is 1. The minimum absolute atomic E-state index is 0.0476. The summed E-state index contributed by atoms with van der Waals surface area (Å²) in [6, 6.07) is 22.9. The van der Waals surface area contributed by atoms with Crippen molar-refractivity contribution >= 4 is 40.2 Å². The molecular formula is C25H17ClFN3O. The summed E-state index contributed by atoms with van der Waals surface area (Å²) in [5.41, 5.74) is 2.84. The first-order valence-electron chi connectivity index (χ1n) is 9.55. The van der Waals surface area contributed by atoms with Crippen LogP contribution in [-0.4, -0.2) is 10.5 Å². The maximum Gasteiger partial charge on any atom is 0.266 e. The van der Waals surface area contributed by atoms with Crippen molar-refractivity contribution < 1.29 is 9.18 Å². The summed E-state index contributed by atoms with van der Waals surface area (Å²) in [6.07, 6.45) is 3.41. The van der Waals surface area contributed by atoms with Gasteiger partial charge in [0.15, 0.2) is 0 Å². The highest BCUT2D eigenvalue weighted by Gasteiger charge is 2.14. The van der Waals surface area contributed by atoms with Crippen LogP contribution in [0.3, 0.4) is 0 Å². The molecule has 1 aromatic heterocycles. The van der Waals surface area contributed by atoms with Gasteiger partial charge in [-0.05, 0) is 42.0 Å². The number of rotatable bonds is 5. The largest absolute Gasteiger partial charge is 0.342 e. The van der Waals surface area contributed by atoms with Crippen molar-refractivity contribution in [2.75, 3.05) is 5.32 Å². The smallest absolute Gasteiger partial charge is 0.266 e. The van der Waals surface area contributed by atoms with E-state index in [1.807, 2.05) is 47.2 Å². The molecule has 0 aliphatic rings. The lowest BCUT2D eigenvalue weighted by atomic mass is 10.1. The quantitative estimate of drug-likeness (QED) is 0.311. The van der Waals surface area contributed by atoms with Gasteiger partial charge in [-0.25, -0.2) is 4.39 Å². The fourth-order valence-corrected chi connectivity index (χ4v) is 3.59. The Morgan fingerprint density at radius 2 is 1.87 bits per heavy atom. The van der Waals surface area contributed by atoms with Gasteiger partial charge < -0.3 is 9.88 Å². The van der Waals surface area contributed by atoms with E-state index in [0.717, 1.165) is 22.0 Å². The van der Waals surface area contributed by atoms with Crippen LogP contribution in [0.1, 0.15) is 11.1 Å². The molecule has 0 spiro atoms. The van der Waals surface area contributed by atoms with Gasteiger partial charge in [-0.15, -0.1) is 0 Å². The van der Waals surface area contributed by atoms with Crippen LogP contribution in [0, 0.1) is 17.1 Å². The van der Waals surface area contributed by atoms with Crippen molar-refractivity contribution in [1.29, 1.82) is 5.26 Å². The Kier molecular flexibility index (Phi) is 5.83. The van der Waals surface area contributed by atoms with E-state index < -0.39 is 5.91 Å². The summed E-state index contributed by atoms with van der Waals surface area (Å²) in [5.74, 6) is -0.838. The predicted molar refractivity (Wildman–Crippen MR) is 121 cm³/mol. The van der Waals surface area contributed by atoms with Crippen molar-refractivity contribution in [1.82, 2.24) is 4.57 Å². The number of carbonyl (C=O) groups excluding carboxylic acids is 1. The number of carbonyl (C=O) groups is 1. The molecule has 4 rings (SSSR count). The fraction of sp³-hybridized carbons (Fsp3) is 0.0400. The Morgan fingerprint density at radius 1 is 1.10 bits per heavy atom. The average molecular weight is 430 g/mol. The van der Waals surface area contributed by atoms with Crippen molar-refractivity contribution in [3.8, 4) is 6.07 Å². The summed E-state index contributed by atoms with van der Waals surface area (Å²) in [4.78, 5) is 12.7.